The molecule has 0 atom stereocenters. The molecule has 0 spiro atoms. The number of ether oxygens (including phenoxy) is 1. The van der Waals surface area contributed by atoms with E-state index in [-0.39, 0.29) is 6.09 Å². The summed E-state index contributed by atoms with van der Waals surface area (Å²) in [7, 11) is 1.80. The smallest absolute Gasteiger partial charge is 0.410 e. The Bertz CT molecular complexity index is 789. The SMILES string of the molecule is CN(CCCN1CCN(c2nccc3ccccc23)CC1)C(=O)OC(C)(C)C. The highest BCUT2D eigenvalue weighted by Gasteiger charge is 2.21. The van der Waals surface area contributed by atoms with Crippen LogP contribution in [0.1, 0.15) is 27.2 Å². The van der Waals surface area contributed by atoms with Crippen LogP contribution in [0.25, 0.3) is 10.8 Å². The van der Waals surface area contributed by atoms with E-state index in [9.17, 15) is 4.79 Å². The number of hydrogen-bond donors (Lipinski definition) is 0. The zero-order chi connectivity index (χ0) is 20.1. The van der Waals surface area contributed by atoms with Crippen molar-refractivity contribution < 1.29 is 9.53 Å². The molecule has 1 aliphatic heterocycles. The van der Waals surface area contributed by atoms with Crippen molar-refractivity contribution in [3.63, 3.8) is 0 Å². The number of rotatable bonds is 5. The molecular weight excluding hydrogens is 352 g/mol. The first kappa shape index (κ1) is 20.4. The van der Waals surface area contributed by atoms with Gasteiger partial charge in [0.25, 0.3) is 0 Å². The predicted octanol–water partition coefficient (Wildman–Crippen LogP) is 3.61. The Kier molecular flexibility index (Phi) is 6.39. The molecule has 3 rings (SSSR count). The molecule has 6 nitrogen and oxygen atoms in total. The number of hydrogen-bond acceptors (Lipinski definition) is 5. The topological polar surface area (TPSA) is 48.9 Å². The molecule has 0 aliphatic carbocycles. The zero-order valence-corrected chi connectivity index (χ0v) is 17.5. The maximum Gasteiger partial charge on any atom is 0.410 e. The monoisotopic (exact) mass is 384 g/mol. The molecule has 0 unspecified atom stereocenters. The Hall–Kier alpha value is -2.34. The van der Waals surface area contributed by atoms with Gasteiger partial charge in [-0.25, -0.2) is 9.78 Å². The van der Waals surface area contributed by atoms with Gasteiger partial charge in [0, 0.05) is 51.4 Å². The lowest BCUT2D eigenvalue weighted by molar-refractivity contribution is 0.0292. The van der Waals surface area contributed by atoms with Crippen molar-refractivity contribution in [2.75, 3.05) is 51.2 Å². The Labute approximate surface area is 168 Å². The normalized spacial score (nSPS) is 15.6. The lowest BCUT2D eigenvalue weighted by Crippen LogP contribution is -2.47. The number of anilines is 1. The third-order valence-corrected chi connectivity index (χ3v) is 5.00. The lowest BCUT2D eigenvalue weighted by Gasteiger charge is -2.36. The highest BCUT2D eigenvalue weighted by Crippen LogP contribution is 2.25. The number of piperazine rings is 1. The summed E-state index contributed by atoms with van der Waals surface area (Å²) < 4.78 is 5.40. The molecule has 0 bridgehead atoms. The predicted molar refractivity (Wildman–Crippen MR) is 114 cm³/mol. The molecule has 1 aromatic carbocycles. The number of aromatic nitrogens is 1. The van der Waals surface area contributed by atoms with Crippen molar-refractivity contribution in [3.05, 3.63) is 36.5 Å². The average Bonchev–Trinajstić information content (AvgIpc) is 2.67. The molecule has 0 N–H and O–H groups in total. The van der Waals surface area contributed by atoms with Crippen LogP contribution in [0.4, 0.5) is 10.6 Å². The first-order valence-electron chi connectivity index (χ1n) is 10.1. The zero-order valence-electron chi connectivity index (χ0n) is 17.5. The minimum atomic E-state index is -0.447. The van der Waals surface area contributed by atoms with Gasteiger partial charge in [-0.15, -0.1) is 0 Å². The van der Waals surface area contributed by atoms with E-state index in [1.54, 1.807) is 11.9 Å². The standard InChI is InChI=1S/C22H32N4O2/c1-22(2,3)28-21(27)24(4)12-7-13-25-14-16-26(17-15-25)20-19-9-6-5-8-18(19)10-11-23-20/h5-6,8-11H,7,12-17H2,1-4H3. The van der Waals surface area contributed by atoms with Gasteiger partial charge in [-0.3, -0.25) is 4.90 Å². The second kappa shape index (κ2) is 8.78. The van der Waals surface area contributed by atoms with Crippen LogP contribution >= 0.6 is 0 Å². The molecule has 1 aliphatic rings. The summed E-state index contributed by atoms with van der Waals surface area (Å²) in [6.07, 6.45) is 2.60. The summed E-state index contributed by atoms with van der Waals surface area (Å²) in [5, 5.41) is 2.46. The van der Waals surface area contributed by atoms with Crippen LogP contribution in [0.3, 0.4) is 0 Å². The summed E-state index contributed by atoms with van der Waals surface area (Å²) in [6.45, 7) is 11.4. The largest absolute Gasteiger partial charge is 0.444 e. The van der Waals surface area contributed by atoms with Gasteiger partial charge >= 0.3 is 6.09 Å². The van der Waals surface area contributed by atoms with Crippen molar-refractivity contribution >= 4 is 22.7 Å². The number of pyridine rings is 1. The maximum atomic E-state index is 12.0. The highest BCUT2D eigenvalue weighted by atomic mass is 16.6. The third kappa shape index (κ3) is 5.35. The number of carbonyl (C=O) groups excluding carboxylic acids is 1. The van der Waals surface area contributed by atoms with Crippen LogP contribution in [0.2, 0.25) is 0 Å². The third-order valence-electron chi connectivity index (χ3n) is 5.00. The van der Waals surface area contributed by atoms with Gasteiger partial charge in [-0.05, 0) is 45.2 Å². The number of benzene rings is 1. The van der Waals surface area contributed by atoms with Crippen molar-refractivity contribution in [1.82, 2.24) is 14.8 Å². The van der Waals surface area contributed by atoms with Gasteiger partial charge in [0.15, 0.2) is 0 Å². The molecule has 28 heavy (non-hydrogen) atoms. The molecule has 1 saturated heterocycles. The first-order valence-corrected chi connectivity index (χ1v) is 10.1. The van der Waals surface area contributed by atoms with Gasteiger partial charge in [-0.1, -0.05) is 24.3 Å². The fourth-order valence-electron chi connectivity index (χ4n) is 3.50. The first-order chi connectivity index (χ1) is 13.3. The van der Waals surface area contributed by atoms with Crippen molar-refractivity contribution in [3.8, 4) is 0 Å². The fourth-order valence-corrected chi connectivity index (χ4v) is 3.50. The van der Waals surface area contributed by atoms with E-state index in [0.29, 0.717) is 6.54 Å². The lowest BCUT2D eigenvalue weighted by atomic mass is 10.1. The van der Waals surface area contributed by atoms with Gasteiger partial charge in [0.1, 0.15) is 11.4 Å². The molecule has 0 radical (unpaired) electrons. The van der Waals surface area contributed by atoms with E-state index < -0.39 is 5.60 Å². The fraction of sp³-hybridized carbons (Fsp3) is 0.545. The summed E-state index contributed by atoms with van der Waals surface area (Å²) in [5.41, 5.74) is -0.447. The Balaban J connectivity index is 1.45. The van der Waals surface area contributed by atoms with Gasteiger partial charge < -0.3 is 14.5 Å². The Morgan fingerprint density at radius 2 is 1.86 bits per heavy atom. The van der Waals surface area contributed by atoms with Crippen LogP contribution in [0.15, 0.2) is 36.5 Å². The summed E-state index contributed by atoms with van der Waals surface area (Å²) in [5.74, 6) is 1.09. The Morgan fingerprint density at radius 3 is 2.57 bits per heavy atom. The second-order valence-electron chi connectivity index (χ2n) is 8.44. The molecule has 152 valence electrons. The van der Waals surface area contributed by atoms with Crippen molar-refractivity contribution in [2.24, 2.45) is 0 Å². The van der Waals surface area contributed by atoms with Crippen LogP contribution in [-0.4, -0.2) is 72.8 Å². The van der Waals surface area contributed by atoms with Gasteiger partial charge in [0.05, 0.1) is 0 Å². The molecule has 1 amide bonds. The van der Waals surface area contributed by atoms with Gasteiger partial charge in [0.2, 0.25) is 0 Å². The molecular formula is C22H32N4O2. The van der Waals surface area contributed by atoms with E-state index in [1.807, 2.05) is 27.0 Å². The second-order valence-corrected chi connectivity index (χ2v) is 8.44. The van der Waals surface area contributed by atoms with Crippen LogP contribution in [-0.2, 0) is 4.74 Å². The van der Waals surface area contributed by atoms with Gasteiger partial charge in [-0.2, -0.15) is 0 Å². The van der Waals surface area contributed by atoms with Crippen LogP contribution < -0.4 is 4.90 Å². The number of carbonyl (C=O) groups is 1. The molecule has 1 aromatic heterocycles. The number of nitrogens with zero attached hydrogens (tertiary/aromatic N) is 4. The van der Waals surface area contributed by atoms with E-state index >= 15 is 0 Å². The summed E-state index contributed by atoms with van der Waals surface area (Å²) in [4.78, 5) is 23.2. The van der Waals surface area contributed by atoms with Crippen LogP contribution in [0.5, 0.6) is 0 Å². The quantitative estimate of drug-likeness (QED) is 0.788. The van der Waals surface area contributed by atoms with E-state index in [4.69, 9.17) is 4.74 Å². The van der Waals surface area contributed by atoms with E-state index in [0.717, 1.165) is 45.0 Å². The average molecular weight is 385 g/mol. The minimum Gasteiger partial charge on any atom is -0.444 e. The molecule has 0 saturated carbocycles. The van der Waals surface area contributed by atoms with Crippen molar-refractivity contribution in [2.45, 2.75) is 32.8 Å². The molecule has 1 fully saturated rings. The molecule has 2 aromatic rings. The van der Waals surface area contributed by atoms with E-state index in [1.165, 1.54) is 10.8 Å². The number of fused-ring (bicyclic) bond motifs is 1. The molecule has 6 heteroatoms. The minimum absolute atomic E-state index is 0.251. The Morgan fingerprint density at radius 1 is 1.14 bits per heavy atom. The number of amides is 1. The molecule has 2 heterocycles. The summed E-state index contributed by atoms with van der Waals surface area (Å²) >= 11 is 0. The highest BCUT2D eigenvalue weighted by molar-refractivity contribution is 5.92. The van der Waals surface area contributed by atoms with E-state index in [2.05, 4.69) is 45.1 Å². The summed E-state index contributed by atoms with van der Waals surface area (Å²) in [6, 6.07) is 10.5. The maximum absolute atomic E-state index is 12.0. The van der Waals surface area contributed by atoms with Crippen LogP contribution in [0, 0.1) is 0 Å². The van der Waals surface area contributed by atoms with Crippen molar-refractivity contribution in [1.29, 1.82) is 0 Å².